The highest BCUT2D eigenvalue weighted by atomic mass is 16.7. The Kier molecular flexibility index (Phi) is 4.33. The van der Waals surface area contributed by atoms with Gasteiger partial charge >= 0.3 is 0 Å². The molecule has 0 aliphatic carbocycles. The van der Waals surface area contributed by atoms with Crippen LogP contribution in [0.4, 0.5) is 0 Å². The predicted octanol–water partition coefficient (Wildman–Crippen LogP) is 2.71. The van der Waals surface area contributed by atoms with Gasteiger partial charge in [-0.25, -0.2) is 0 Å². The molecular weight excluding hydrogens is 250 g/mol. The first-order valence-electron chi connectivity index (χ1n) is 7.59. The molecule has 0 amide bonds. The van der Waals surface area contributed by atoms with E-state index in [0.29, 0.717) is 12.1 Å². The van der Waals surface area contributed by atoms with Crippen molar-refractivity contribution in [1.82, 2.24) is 5.48 Å². The summed E-state index contributed by atoms with van der Waals surface area (Å²) in [5.74, 6) is 0.818. The van der Waals surface area contributed by atoms with E-state index in [1.807, 2.05) is 6.07 Å². The highest BCUT2D eigenvalue weighted by Crippen LogP contribution is 2.29. The fourth-order valence-corrected chi connectivity index (χ4v) is 3.09. The van der Waals surface area contributed by atoms with Crippen molar-refractivity contribution in [2.45, 2.75) is 56.7 Å². The zero-order valence-electron chi connectivity index (χ0n) is 11.8. The lowest BCUT2D eigenvalue weighted by molar-refractivity contribution is 0.0186. The smallest absolute Gasteiger partial charge is 0.0940 e. The fourth-order valence-electron chi connectivity index (χ4n) is 3.09. The summed E-state index contributed by atoms with van der Waals surface area (Å²) in [6, 6.07) is 11.1. The second kappa shape index (κ2) is 6.37. The third-order valence-electron chi connectivity index (χ3n) is 4.18. The van der Waals surface area contributed by atoms with Crippen LogP contribution in [0.1, 0.15) is 50.1 Å². The Hall–Kier alpha value is -1.39. The number of nitrogens with one attached hydrogen (secondary N) is 1. The van der Waals surface area contributed by atoms with Gasteiger partial charge in [-0.15, -0.1) is 0 Å². The minimum Gasteiger partial charge on any atom is -0.387 e. The number of amidine groups is 1. The summed E-state index contributed by atoms with van der Waals surface area (Å²) >= 11 is 0. The molecule has 2 aliphatic heterocycles. The quantitative estimate of drug-likeness (QED) is 0.890. The molecule has 2 heterocycles. The predicted molar refractivity (Wildman–Crippen MR) is 80.3 cm³/mol. The van der Waals surface area contributed by atoms with Crippen molar-refractivity contribution >= 4 is 5.84 Å². The lowest BCUT2D eigenvalue weighted by atomic mass is 9.97. The average molecular weight is 273 g/mol. The Labute approximate surface area is 120 Å². The molecule has 108 valence electrons. The summed E-state index contributed by atoms with van der Waals surface area (Å²) in [5, 5.41) is 0. The van der Waals surface area contributed by atoms with Gasteiger partial charge in [0.25, 0.3) is 0 Å². The van der Waals surface area contributed by atoms with E-state index >= 15 is 0 Å². The van der Waals surface area contributed by atoms with Crippen molar-refractivity contribution < 1.29 is 4.84 Å². The van der Waals surface area contributed by atoms with E-state index in [4.69, 9.17) is 10.6 Å². The van der Waals surface area contributed by atoms with Gasteiger partial charge in [0.05, 0.1) is 24.0 Å². The van der Waals surface area contributed by atoms with Crippen molar-refractivity contribution in [2.24, 2.45) is 10.7 Å². The molecule has 1 saturated heterocycles. The first-order chi connectivity index (χ1) is 9.81. The molecule has 3 atom stereocenters. The van der Waals surface area contributed by atoms with Crippen LogP contribution in [0, 0.1) is 0 Å². The molecule has 1 fully saturated rings. The van der Waals surface area contributed by atoms with Gasteiger partial charge < -0.3 is 5.73 Å². The number of hydrogen-bond donors (Lipinski definition) is 2. The van der Waals surface area contributed by atoms with Gasteiger partial charge in [0.2, 0.25) is 0 Å². The van der Waals surface area contributed by atoms with E-state index in [0.717, 1.165) is 31.5 Å². The first-order valence-corrected chi connectivity index (χ1v) is 7.59. The molecule has 20 heavy (non-hydrogen) atoms. The standard InChI is InChI=1S/C16H23N3O/c17-16-9-5-4-8-13(18-16)10-14-11-15(19-20-14)12-6-2-1-3-7-12/h1-3,6-7,13-15,19H,4-5,8-11H2,(H2,17,18). The highest BCUT2D eigenvalue weighted by Gasteiger charge is 2.29. The van der Waals surface area contributed by atoms with Crippen LogP contribution in [0.2, 0.25) is 0 Å². The van der Waals surface area contributed by atoms with Gasteiger partial charge in [-0.3, -0.25) is 9.83 Å². The second-order valence-electron chi connectivity index (χ2n) is 5.81. The summed E-state index contributed by atoms with van der Waals surface area (Å²) in [6.07, 6.45) is 6.69. The second-order valence-corrected chi connectivity index (χ2v) is 5.81. The number of nitrogens with two attached hydrogens (primary N) is 1. The Morgan fingerprint density at radius 1 is 1.25 bits per heavy atom. The molecule has 2 aliphatic rings. The van der Waals surface area contributed by atoms with Gasteiger partial charge in [-0.2, -0.15) is 5.48 Å². The van der Waals surface area contributed by atoms with Crippen LogP contribution in [0.25, 0.3) is 0 Å². The molecule has 1 aromatic carbocycles. The number of rotatable bonds is 3. The maximum absolute atomic E-state index is 5.91. The number of hydroxylamine groups is 1. The maximum Gasteiger partial charge on any atom is 0.0940 e. The zero-order valence-corrected chi connectivity index (χ0v) is 11.8. The SMILES string of the molecule is NC1=NC(CC2CC(c3ccccc3)NO2)CCCC1. The number of aliphatic imine (C=N–C) groups is 1. The third kappa shape index (κ3) is 3.38. The minimum atomic E-state index is 0.236. The number of benzene rings is 1. The summed E-state index contributed by atoms with van der Waals surface area (Å²) < 4.78 is 0. The number of hydrogen-bond acceptors (Lipinski definition) is 4. The summed E-state index contributed by atoms with van der Waals surface area (Å²) in [5.41, 5.74) is 10.4. The van der Waals surface area contributed by atoms with Crippen molar-refractivity contribution in [2.75, 3.05) is 0 Å². The lowest BCUT2D eigenvalue weighted by Gasteiger charge is -2.14. The lowest BCUT2D eigenvalue weighted by Crippen LogP contribution is -2.19. The molecule has 0 saturated carbocycles. The average Bonchev–Trinajstić information content (AvgIpc) is 2.83. The van der Waals surface area contributed by atoms with Crippen molar-refractivity contribution in [3.8, 4) is 0 Å². The Balaban J connectivity index is 1.56. The van der Waals surface area contributed by atoms with Crippen LogP contribution < -0.4 is 11.2 Å². The molecule has 3 unspecified atom stereocenters. The van der Waals surface area contributed by atoms with Crippen LogP contribution in [0.15, 0.2) is 35.3 Å². The maximum atomic E-state index is 5.91. The zero-order chi connectivity index (χ0) is 13.8. The van der Waals surface area contributed by atoms with E-state index in [1.54, 1.807) is 0 Å². The van der Waals surface area contributed by atoms with E-state index in [1.165, 1.54) is 18.4 Å². The molecule has 1 aromatic rings. The topological polar surface area (TPSA) is 59.6 Å². The van der Waals surface area contributed by atoms with Gasteiger partial charge in [0, 0.05) is 6.42 Å². The minimum absolute atomic E-state index is 0.236. The molecule has 4 heteroatoms. The molecule has 0 radical (unpaired) electrons. The van der Waals surface area contributed by atoms with Gasteiger partial charge in [0.1, 0.15) is 0 Å². The normalized spacial score (nSPS) is 30.8. The van der Waals surface area contributed by atoms with E-state index < -0.39 is 0 Å². The van der Waals surface area contributed by atoms with Gasteiger partial charge in [-0.05, 0) is 31.2 Å². The van der Waals surface area contributed by atoms with E-state index in [9.17, 15) is 0 Å². The molecule has 3 N–H and O–H groups in total. The highest BCUT2D eigenvalue weighted by molar-refractivity contribution is 5.80. The van der Waals surface area contributed by atoms with E-state index in [-0.39, 0.29) is 6.10 Å². The van der Waals surface area contributed by atoms with E-state index in [2.05, 4.69) is 34.7 Å². The summed E-state index contributed by atoms with van der Waals surface area (Å²) in [7, 11) is 0. The van der Waals surface area contributed by atoms with Crippen LogP contribution in [-0.2, 0) is 4.84 Å². The first kappa shape index (κ1) is 13.6. The van der Waals surface area contributed by atoms with Crippen molar-refractivity contribution in [3.05, 3.63) is 35.9 Å². The monoisotopic (exact) mass is 273 g/mol. The van der Waals surface area contributed by atoms with Gasteiger partial charge in [0.15, 0.2) is 0 Å². The van der Waals surface area contributed by atoms with Crippen LogP contribution in [0.3, 0.4) is 0 Å². The molecule has 4 nitrogen and oxygen atoms in total. The third-order valence-corrected chi connectivity index (χ3v) is 4.18. The van der Waals surface area contributed by atoms with Crippen molar-refractivity contribution in [1.29, 1.82) is 0 Å². The molecule has 3 rings (SSSR count). The van der Waals surface area contributed by atoms with Gasteiger partial charge in [-0.1, -0.05) is 36.8 Å². The fraction of sp³-hybridized carbons (Fsp3) is 0.562. The van der Waals surface area contributed by atoms with Crippen LogP contribution in [0.5, 0.6) is 0 Å². The molecular formula is C16H23N3O. The Morgan fingerprint density at radius 3 is 2.95 bits per heavy atom. The molecule has 0 bridgehead atoms. The molecule has 0 aromatic heterocycles. The number of nitrogens with zero attached hydrogens (tertiary/aromatic N) is 1. The Bertz CT molecular complexity index is 460. The summed E-state index contributed by atoms with van der Waals surface area (Å²) in [4.78, 5) is 10.4. The Morgan fingerprint density at radius 2 is 2.10 bits per heavy atom. The largest absolute Gasteiger partial charge is 0.387 e. The van der Waals surface area contributed by atoms with Crippen LogP contribution >= 0.6 is 0 Å². The summed E-state index contributed by atoms with van der Waals surface area (Å²) in [6.45, 7) is 0. The van der Waals surface area contributed by atoms with Crippen LogP contribution in [-0.4, -0.2) is 18.0 Å². The van der Waals surface area contributed by atoms with Crippen molar-refractivity contribution in [3.63, 3.8) is 0 Å². The molecule has 0 spiro atoms.